The van der Waals surface area contributed by atoms with E-state index in [4.69, 9.17) is 11.6 Å². The summed E-state index contributed by atoms with van der Waals surface area (Å²) in [5.74, 6) is 0. The van der Waals surface area contributed by atoms with E-state index in [1.807, 2.05) is 13.0 Å². The quantitative estimate of drug-likeness (QED) is 0.825. The molecule has 16 heavy (non-hydrogen) atoms. The van der Waals surface area contributed by atoms with Crippen molar-refractivity contribution >= 4 is 11.6 Å². The molecule has 0 saturated heterocycles. The molecular formula is C12H17ClN2O. The van der Waals surface area contributed by atoms with Gasteiger partial charge in [-0.25, -0.2) is 0 Å². The van der Waals surface area contributed by atoms with Crippen LogP contribution >= 0.6 is 11.6 Å². The van der Waals surface area contributed by atoms with Gasteiger partial charge in [0.05, 0.1) is 10.6 Å². The van der Waals surface area contributed by atoms with E-state index in [1.165, 1.54) is 12.8 Å². The Morgan fingerprint density at radius 2 is 2.38 bits per heavy atom. The third kappa shape index (κ3) is 3.44. The van der Waals surface area contributed by atoms with Crippen LogP contribution in [-0.4, -0.2) is 28.3 Å². The summed E-state index contributed by atoms with van der Waals surface area (Å²) < 4.78 is 0. The van der Waals surface area contributed by atoms with Crippen LogP contribution in [0.25, 0.3) is 0 Å². The minimum Gasteiger partial charge on any atom is -0.389 e. The van der Waals surface area contributed by atoms with Crippen molar-refractivity contribution < 1.29 is 5.11 Å². The fourth-order valence-corrected chi connectivity index (χ4v) is 1.86. The van der Waals surface area contributed by atoms with Crippen LogP contribution in [-0.2, 0) is 6.42 Å². The lowest BCUT2D eigenvalue weighted by molar-refractivity contribution is 0.0597. The largest absolute Gasteiger partial charge is 0.389 e. The highest BCUT2D eigenvalue weighted by Crippen LogP contribution is 2.22. The second kappa shape index (κ2) is 4.70. The number of nitrogens with zero attached hydrogens (tertiary/aromatic N) is 1. The van der Waals surface area contributed by atoms with Crippen molar-refractivity contribution in [1.29, 1.82) is 0 Å². The summed E-state index contributed by atoms with van der Waals surface area (Å²) in [6.07, 6.45) is 6.32. The molecular weight excluding hydrogens is 224 g/mol. The minimum atomic E-state index is -0.756. The van der Waals surface area contributed by atoms with Crippen LogP contribution in [0.15, 0.2) is 18.5 Å². The van der Waals surface area contributed by atoms with Crippen molar-refractivity contribution in [3.05, 3.63) is 29.0 Å². The van der Waals surface area contributed by atoms with Gasteiger partial charge in [-0.1, -0.05) is 11.6 Å². The summed E-state index contributed by atoms with van der Waals surface area (Å²) in [6, 6.07) is 2.47. The number of hydrogen-bond acceptors (Lipinski definition) is 3. The number of halogens is 1. The Morgan fingerprint density at radius 3 is 3.00 bits per heavy atom. The molecule has 2 rings (SSSR count). The molecule has 1 heterocycles. The molecule has 1 atom stereocenters. The lowest BCUT2D eigenvalue weighted by Gasteiger charge is -2.24. The van der Waals surface area contributed by atoms with E-state index in [2.05, 4.69) is 10.3 Å². The van der Waals surface area contributed by atoms with Gasteiger partial charge in [0.25, 0.3) is 0 Å². The Kier molecular flexibility index (Phi) is 3.47. The fraction of sp³-hybridized carbons (Fsp3) is 0.583. The number of pyridine rings is 1. The summed E-state index contributed by atoms with van der Waals surface area (Å²) in [5.41, 5.74) is 0.187. The molecule has 88 valence electrons. The summed E-state index contributed by atoms with van der Waals surface area (Å²) in [6.45, 7) is 2.44. The Morgan fingerprint density at radius 1 is 1.62 bits per heavy atom. The second-order valence-corrected chi connectivity index (χ2v) is 5.20. The van der Waals surface area contributed by atoms with E-state index in [-0.39, 0.29) is 0 Å². The maximum atomic E-state index is 10.2. The highest BCUT2D eigenvalue weighted by atomic mass is 35.5. The topological polar surface area (TPSA) is 45.1 Å². The van der Waals surface area contributed by atoms with Crippen molar-refractivity contribution in [3.8, 4) is 0 Å². The van der Waals surface area contributed by atoms with E-state index in [0.717, 1.165) is 5.56 Å². The van der Waals surface area contributed by atoms with Crippen LogP contribution in [0.1, 0.15) is 25.3 Å². The number of rotatable bonds is 5. The molecule has 1 fully saturated rings. The Labute approximate surface area is 101 Å². The van der Waals surface area contributed by atoms with Crippen LogP contribution in [0.5, 0.6) is 0 Å². The van der Waals surface area contributed by atoms with Gasteiger partial charge in [-0.3, -0.25) is 4.98 Å². The van der Waals surface area contributed by atoms with Gasteiger partial charge in [0.2, 0.25) is 0 Å². The van der Waals surface area contributed by atoms with Gasteiger partial charge >= 0.3 is 0 Å². The predicted octanol–water partition coefficient (Wildman–Crippen LogP) is 1.78. The number of aromatic nitrogens is 1. The molecule has 0 aliphatic heterocycles. The summed E-state index contributed by atoms with van der Waals surface area (Å²) >= 11 is 6.01. The second-order valence-electron chi connectivity index (χ2n) is 4.80. The van der Waals surface area contributed by atoms with E-state index in [0.29, 0.717) is 24.0 Å². The molecule has 3 nitrogen and oxygen atoms in total. The zero-order chi connectivity index (χ0) is 11.6. The van der Waals surface area contributed by atoms with Crippen LogP contribution < -0.4 is 5.32 Å². The van der Waals surface area contributed by atoms with Crippen LogP contribution in [0.3, 0.4) is 0 Å². The molecule has 0 amide bonds. The van der Waals surface area contributed by atoms with Gasteiger partial charge < -0.3 is 10.4 Å². The predicted molar refractivity (Wildman–Crippen MR) is 64.6 cm³/mol. The maximum absolute atomic E-state index is 10.2. The molecule has 1 saturated carbocycles. The van der Waals surface area contributed by atoms with Crippen molar-refractivity contribution in [3.63, 3.8) is 0 Å². The lowest BCUT2D eigenvalue weighted by atomic mass is 9.97. The maximum Gasteiger partial charge on any atom is 0.0784 e. The first-order valence-electron chi connectivity index (χ1n) is 5.61. The zero-order valence-corrected chi connectivity index (χ0v) is 10.2. The third-order valence-electron chi connectivity index (χ3n) is 2.78. The van der Waals surface area contributed by atoms with Gasteiger partial charge in [0.15, 0.2) is 0 Å². The van der Waals surface area contributed by atoms with Gasteiger partial charge in [0, 0.05) is 31.4 Å². The van der Waals surface area contributed by atoms with Crippen molar-refractivity contribution in [1.82, 2.24) is 10.3 Å². The molecule has 1 aromatic heterocycles. The highest BCUT2D eigenvalue weighted by Gasteiger charge is 2.27. The van der Waals surface area contributed by atoms with Crippen LogP contribution in [0.4, 0.5) is 0 Å². The normalized spacial score (nSPS) is 19.4. The SMILES string of the molecule is CC(O)(CNC1CC1)Cc1ccncc1Cl. The number of aliphatic hydroxyl groups is 1. The minimum absolute atomic E-state index is 0.550. The average Bonchev–Trinajstić information content (AvgIpc) is 3.02. The van der Waals surface area contributed by atoms with Gasteiger partial charge in [0.1, 0.15) is 0 Å². The van der Waals surface area contributed by atoms with Gasteiger partial charge in [-0.15, -0.1) is 0 Å². The van der Waals surface area contributed by atoms with Crippen LogP contribution in [0.2, 0.25) is 5.02 Å². The molecule has 2 N–H and O–H groups in total. The summed E-state index contributed by atoms with van der Waals surface area (Å²) in [7, 11) is 0. The molecule has 1 aliphatic rings. The summed E-state index contributed by atoms with van der Waals surface area (Å²) in [4.78, 5) is 3.93. The van der Waals surface area contributed by atoms with Crippen molar-refractivity contribution in [2.75, 3.05) is 6.54 Å². The number of hydrogen-bond donors (Lipinski definition) is 2. The fourth-order valence-electron chi connectivity index (χ4n) is 1.67. The standard InChI is InChI=1S/C12H17ClN2O/c1-12(16,8-15-10-2-3-10)6-9-4-5-14-7-11(9)13/h4-5,7,10,15-16H,2-3,6,8H2,1H3. The molecule has 0 aromatic carbocycles. The number of nitrogens with one attached hydrogen (secondary N) is 1. The van der Waals surface area contributed by atoms with E-state index >= 15 is 0 Å². The third-order valence-corrected chi connectivity index (χ3v) is 3.12. The molecule has 1 unspecified atom stereocenters. The van der Waals surface area contributed by atoms with E-state index in [1.54, 1.807) is 12.4 Å². The lowest BCUT2D eigenvalue weighted by Crippen LogP contribution is -2.40. The van der Waals surface area contributed by atoms with E-state index < -0.39 is 5.60 Å². The average molecular weight is 241 g/mol. The van der Waals surface area contributed by atoms with E-state index in [9.17, 15) is 5.11 Å². The van der Waals surface area contributed by atoms with Gasteiger partial charge in [-0.05, 0) is 31.4 Å². The molecule has 1 aliphatic carbocycles. The smallest absolute Gasteiger partial charge is 0.0784 e. The Balaban J connectivity index is 1.93. The van der Waals surface area contributed by atoms with Crippen molar-refractivity contribution in [2.45, 2.75) is 37.8 Å². The monoisotopic (exact) mass is 240 g/mol. The summed E-state index contributed by atoms with van der Waals surface area (Å²) in [5, 5.41) is 14.2. The zero-order valence-electron chi connectivity index (χ0n) is 9.41. The Hall–Kier alpha value is -0.640. The van der Waals surface area contributed by atoms with Crippen molar-refractivity contribution in [2.24, 2.45) is 0 Å². The molecule has 0 spiro atoms. The first-order valence-corrected chi connectivity index (χ1v) is 5.99. The Bertz CT molecular complexity index is 364. The first kappa shape index (κ1) is 11.8. The first-order chi connectivity index (χ1) is 7.57. The molecule has 4 heteroatoms. The molecule has 0 bridgehead atoms. The molecule has 0 radical (unpaired) electrons. The molecule has 1 aromatic rings. The van der Waals surface area contributed by atoms with Gasteiger partial charge in [-0.2, -0.15) is 0 Å². The highest BCUT2D eigenvalue weighted by molar-refractivity contribution is 6.31. The van der Waals surface area contributed by atoms with Crippen LogP contribution in [0, 0.1) is 0 Å².